The molecule has 1 aliphatic rings. The fourth-order valence-electron chi connectivity index (χ4n) is 2.23. The third-order valence-electron chi connectivity index (χ3n) is 3.41. The number of amidine groups is 1. The van der Waals surface area contributed by atoms with Crippen molar-refractivity contribution < 1.29 is 14.7 Å². The van der Waals surface area contributed by atoms with Crippen LogP contribution in [-0.4, -0.2) is 58.8 Å². The van der Waals surface area contributed by atoms with E-state index in [-0.39, 0.29) is 11.9 Å². The number of oxime groups is 1. The molecular weight excluding hydrogens is 298 g/mol. The lowest BCUT2D eigenvalue weighted by Crippen LogP contribution is -2.50. The molecule has 1 aliphatic heterocycles. The van der Waals surface area contributed by atoms with Gasteiger partial charge in [0.05, 0.1) is 0 Å². The second-order valence-electron chi connectivity index (χ2n) is 6.34. The molecule has 0 atom stereocenters. The van der Waals surface area contributed by atoms with E-state index in [1.807, 2.05) is 26.8 Å². The molecule has 0 bridgehead atoms. The zero-order chi connectivity index (χ0) is 17.0. The molecule has 0 spiro atoms. The van der Waals surface area contributed by atoms with Gasteiger partial charge in [-0.3, -0.25) is 0 Å². The van der Waals surface area contributed by atoms with E-state index in [4.69, 9.17) is 15.7 Å². The molecule has 23 heavy (non-hydrogen) atoms. The summed E-state index contributed by atoms with van der Waals surface area (Å²) in [5, 5.41) is 11.6. The zero-order valence-corrected chi connectivity index (χ0v) is 13.7. The Balaban J connectivity index is 1.93. The molecule has 8 heteroatoms. The van der Waals surface area contributed by atoms with Gasteiger partial charge >= 0.3 is 6.09 Å². The number of carbonyl (C=O) groups is 1. The summed E-state index contributed by atoms with van der Waals surface area (Å²) in [5.74, 6) is 0.821. The highest BCUT2D eigenvalue weighted by Gasteiger charge is 2.26. The minimum Gasteiger partial charge on any atom is -0.444 e. The SMILES string of the molecule is CC(C)(C)OC(=O)N1CCN(c2ccc(/C(N)=N/O)cn2)CC1. The standard InChI is InChI=1S/C15H23N5O3/c1-15(2,3)23-14(21)20-8-6-19(7-9-20)12-5-4-11(10-17-12)13(16)18-22/h4-5,10,22H,6-9H2,1-3H3,(H2,16,18). The van der Waals surface area contributed by atoms with Gasteiger partial charge in [0.1, 0.15) is 11.4 Å². The molecule has 0 aromatic carbocycles. The van der Waals surface area contributed by atoms with E-state index in [9.17, 15) is 4.79 Å². The summed E-state index contributed by atoms with van der Waals surface area (Å²) >= 11 is 0. The van der Waals surface area contributed by atoms with Gasteiger partial charge in [0.2, 0.25) is 0 Å². The quantitative estimate of drug-likeness (QED) is 0.367. The maximum absolute atomic E-state index is 12.0. The maximum Gasteiger partial charge on any atom is 0.410 e. The molecule has 0 aliphatic carbocycles. The summed E-state index contributed by atoms with van der Waals surface area (Å²) < 4.78 is 5.37. The van der Waals surface area contributed by atoms with Crippen molar-refractivity contribution in [2.24, 2.45) is 10.9 Å². The number of piperazine rings is 1. The minimum absolute atomic E-state index is 0.0267. The lowest BCUT2D eigenvalue weighted by molar-refractivity contribution is 0.0240. The van der Waals surface area contributed by atoms with Crippen molar-refractivity contribution in [3.05, 3.63) is 23.9 Å². The third-order valence-corrected chi connectivity index (χ3v) is 3.41. The number of pyridine rings is 1. The second kappa shape index (κ2) is 6.72. The molecule has 1 aromatic rings. The van der Waals surface area contributed by atoms with Crippen LogP contribution in [0.1, 0.15) is 26.3 Å². The summed E-state index contributed by atoms with van der Waals surface area (Å²) in [7, 11) is 0. The number of amides is 1. The third kappa shape index (κ3) is 4.48. The van der Waals surface area contributed by atoms with Crippen molar-refractivity contribution in [1.82, 2.24) is 9.88 Å². The minimum atomic E-state index is -0.486. The smallest absolute Gasteiger partial charge is 0.410 e. The van der Waals surface area contributed by atoms with E-state index in [0.717, 1.165) is 5.82 Å². The highest BCUT2D eigenvalue weighted by molar-refractivity contribution is 5.96. The molecule has 1 saturated heterocycles. The summed E-state index contributed by atoms with van der Waals surface area (Å²) in [6, 6.07) is 3.56. The first kappa shape index (κ1) is 16.9. The first-order chi connectivity index (χ1) is 10.8. The van der Waals surface area contributed by atoms with Crippen LogP contribution >= 0.6 is 0 Å². The van der Waals surface area contributed by atoms with E-state index >= 15 is 0 Å². The van der Waals surface area contributed by atoms with Gasteiger partial charge in [0, 0.05) is 37.9 Å². The van der Waals surface area contributed by atoms with Crippen molar-refractivity contribution in [3.8, 4) is 0 Å². The molecule has 126 valence electrons. The fraction of sp³-hybridized carbons (Fsp3) is 0.533. The van der Waals surface area contributed by atoms with Crippen LogP contribution in [0.25, 0.3) is 0 Å². The normalized spacial score (nSPS) is 16.4. The van der Waals surface area contributed by atoms with Gasteiger partial charge in [0.25, 0.3) is 0 Å². The highest BCUT2D eigenvalue weighted by Crippen LogP contribution is 2.16. The average Bonchev–Trinajstić information content (AvgIpc) is 2.53. The van der Waals surface area contributed by atoms with Gasteiger partial charge in [0.15, 0.2) is 5.84 Å². The van der Waals surface area contributed by atoms with Crippen molar-refractivity contribution in [2.45, 2.75) is 26.4 Å². The molecule has 2 heterocycles. The van der Waals surface area contributed by atoms with Crippen LogP contribution < -0.4 is 10.6 Å². The molecule has 8 nitrogen and oxygen atoms in total. The van der Waals surface area contributed by atoms with Crippen LogP contribution in [0.5, 0.6) is 0 Å². The Morgan fingerprint density at radius 3 is 2.43 bits per heavy atom. The highest BCUT2D eigenvalue weighted by atomic mass is 16.6. The van der Waals surface area contributed by atoms with Gasteiger partial charge in [-0.1, -0.05) is 5.16 Å². The molecule has 1 fully saturated rings. The Kier molecular flexibility index (Phi) is 4.92. The van der Waals surface area contributed by atoms with E-state index in [2.05, 4.69) is 15.0 Å². The lowest BCUT2D eigenvalue weighted by atomic mass is 10.2. The number of ether oxygens (including phenoxy) is 1. The molecule has 0 saturated carbocycles. The first-order valence-corrected chi connectivity index (χ1v) is 7.47. The Hall–Kier alpha value is -2.51. The molecule has 2 rings (SSSR count). The Labute approximate surface area is 135 Å². The predicted octanol–water partition coefficient (Wildman–Crippen LogP) is 1.23. The molecular formula is C15H23N5O3. The van der Waals surface area contributed by atoms with Crippen molar-refractivity contribution in [2.75, 3.05) is 31.1 Å². The van der Waals surface area contributed by atoms with Crippen molar-refractivity contribution >= 4 is 17.7 Å². The molecule has 1 aromatic heterocycles. The molecule has 0 radical (unpaired) electrons. The van der Waals surface area contributed by atoms with E-state index in [1.165, 1.54) is 0 Å². The van der Waals surface area contributed by atoms with Gasteiger partial charge < -0.3 is 25.5 Å². The van der Waals surface area contributed by atoms with Gasteiger partial charge in [-0.05, 0) is 32.9 Å². The number of nitrogens with zero attached hydrogens (tertiary/aromatic N) is 4. The van der Waals surface area contributed by atoms with E-state index in [0.29, 0.717) is 31.7 Å². The summed E-state index contributed by atoms with van der Waals surface area (Å²) in [6.07, 6.45) is 1.28. The summed E-state index contributed by atoms with van der Waals surface area (Å²) in [5.41, 5.74) is 5.59. The number of rotatable bonds is 2. The van der Waals surface area contributed by atoms with E-state index < -0.39 is 5.60 Å². The molecule has 1 amide bonds. The monoisotopic (exact) mass is 321 g/mol. The van der Waals surface area contributed by atoms with Crippen LogP contribution in [0.3, 0.4) is 0 Å². The number of hydrogen-bond acceptors (Lipinski definition) is 6. The first-order valence-electron chi connectivity index (χ1n) is 7.47. The summed E-state index contributed by atoms with van der Waals surface area (Å²) in [4.78, 5) is 20.1. The predicted molar refractivity (Wildman–Crippen MR) is 86.8 cm³/mol. The van der Waals surface area contributed by atoms with Crippen molar-refractivity contribution in [1.29, 1.82) is 0 Å². The van der Waals surface area contributed by atoms with Crippen LogP contribution in [-0.2, 0) is 4.74 Å². The molecule has 0 unspecified atom stereocenters. The van der Waals surface area contributed by atoms with E-state index in [1.54, 1.807) is 17.2 Å². The Morgan fingerprint density at radius 2 is 1.96 bits per heavy atom. The van der Waals surface area contributed by atoms with Gasteiger partial charge in [-0.2, -0.15) is 0 Å². The maximum atomic E-state index is 12.0. The largest absolute Gasteiger partial charge is 0.444 e. The second-order valence-corrected chi connectivity index (χ2v) is 6.34. The van der Waals surface area contributed by atoms with Crippen molar-refractivity contribution in [3.63, 3.8) is 0 Å². The number of carbonyl (C=O) groups excluding carboxylic acids is 1. The topological polar surface area (TPSA) is 104 Å². The van der Waals surface area contributed by atoms with Gasteiger partial charge in [-0.15, -0.1) is 0 Å². The fourth-order valence-corrected chi connectivity index (χ4v) is 2.23. The number of aromatic nitrogens is 1. The Morgan fingerprint density at radius 1 is 1.30 bits per heavy atom. The number of hydrogen-bond donors (Lipinski definition) is 2. The number of nitrogens with two attached hydrogens (primary N) is 1. The van der Waals surface area contributed by atoms with Crippen LogP contribution in [0.2, 0.25) is 0 Å². The van der Waals surface area contributed by atoms with Crippen LogP contribution in [0.15, 0.2) is 23.5 Å². The lowest BCUT2D eigenvalue weighted by Gasteiger charge is -2.36. The molecule has 3 N–H and O–H groups in total. The van der Waals surface area contributed by atoms with Crippen LogP contribution in [0.4, 0.5) is 10.6 Å². The zero-order valence-electron chi connectivity index (χ0n) is 13.7. The number of anilines is 1. The van der Waals surface area contributed by atoms with Crippen LogP contribution in [0, 0.1) is 0 Å². The Bertz CT molecular complexity index is 572. The average molecular weight is 321 g/mol. The van der Waals surface area contributed by atoms with Gasteiger partial charge in [-0.25, -0.2) is 9.78 Å². The summed E-state index contributed by atoms with van der Waals surface area (Å²) in [6.45, 7) is 8.08.